The van der Waals surface area contributed by atoms with Crippen molar-refractivity contribution in [1.82, 2.24) is 10.5 Å². The second kappa shape index (κ2) is 9.75. The maximum Gasteiger partial charge on any atom is 0.273 e. The number of hydrogen-bond donors (Lipinski definition) is 2. The maximum atomic E-state index is 10.9. The molecule has 0 unspecified atom stereocenters. The molecule has 0 saturated carbocycles. The quantitative estimate of drug-likeness (QED) is 0.198. The van der Waals surface area contributed by atoms with Crippen LogP contribution in [0.25, 0.3) is 22.6 Å². The number of fused-ring (bicyclic) bond motifs is 1. The number of unbranched alkanes of at least 4 members (excludes halogenated alkanes) is 2. The van der Waals surface area contributed by atoms with Crippen LogP contribution in [0.1, 0.15) is 25.7 Å². The van der Waals surface area contributed by atoms with Crippen LogP contribution in [0.2, 0.25) is 10.0 Å². The van der Waals surface area contributed by atoms with Gasteiger partial charge in [-0.3, -0.25) is 20.1 Å². The molecule has 2 N–H and O–H groups in total. The smallest absolute Gasteiger partial charge is 0.273 e. The molecule has 158 valence electrons. The number of nitro benzene ring substituents is 1. The highest BCUT2D eigenvalue weighted by atomic mass is 35.5. The fourth-order valence-electron chi connectivity index (χ4n) is 2.77. The number of amides is 1. The number of ether oxygens (including phenoxy) is 1. The number of carbonyl (C=O) groups excluding carboxylic acids is 1. The van der Waals surface area contributed by atoms with Crippen LogP contribution in [0.3, 0.4) is 0 Å². The van der Waals surface area contributed by atoms with Crippen LogP contribution in [0, 0.1) is 10.1 Å². The lowest BCUT2D eigenvalue weighted by Gasteiger charge is -2.11. The van der Waals surface area contributed by atoms with Crippen molar-refractivity contribution >= 4 is 45.9 Å². The highest BCUT2D eigenvalue weighted by molar-refractivity contribution is 6.37. The summed E-state index contributed by atoms with van der Waals surface area (Å²) in [6.45, 7) is 0.353. The number of benzene rings is 2. The largest absolute Gasteiger partial charge is 0.490 e. The molecule has 0 aliphatic rings. The Morgan fingerprint density at radius 3 is 2.60 bits per heavy atom. The molecule has 0 fully saturated rings. The molecular weight excluding hydrogens is 437 g/mol. The average Bonchev–Trinajstić information content (AvgIpc) is 3.15. The van der Waals surface area contributed by atoms with E-state index < -0.39 is 10.8 Å². The second-order valence-corrected chi connectivity index (χ2v) is 7.21. The standard InChI is InChI=1S/C19H17Cl2N3O6/c20-13-8-11(19-22-15-6-5-12(24(27)28)10-16(15)30-19)9-14(21)18(13)29-7-3-1-2-4-17(25)23-26/h5-6,8-10,26H,1-4,7H2,(H,23,25). The minimum atomic E-state index is -0.511. The number of nitro groups is 1. The van der Waals surface area contributed by atoms with Crippen molar-refractivity contribution in [2.24, 2.45) is 0 Å². The van der Waals surface area contributed by atoms with Crippen LogP contribution < -0.4 is 10.2 Å². The molecule has 9 nitrogen and oxygen atoms in total. The second-order valence-electron chi connectivity index (χ2n) is 6.39. The van der Waals surface area contributed by atoms with E-state index in [1.54, 1.807) is 17.6 Å². The Balaban J connectivity index is 1.68. The van der Waals surface area contributed by atoms with Gasteiger partial charge in [0.1, 0.15) is 5.52 Å². The predicted octanol–water partition coefficient (Wildman–Crippen LogP) is 5.15. The molecule has 0 spiro atoms. The van der Waals surface area contributed by atoms with Gasteiger partial charge in [0.2, 0.25) is 11.8 Å². The summed E-state index contributed by atoms with van der Waals surface area (Å²) in [4.78, 5) is 25.6. The predicted molar refractivity (Wildman–Crippen MR) is 110 cm³/mol. The van der Waals surface area contributed by atoms with Gasteiger partial charge in [-0.25, -0.2) is 10.5 Å². The minimum absolute atomic E-state index is 0.0954. The molecule has 0 atom stereocenters. The van der Waals surface area contributed by atoms with E-state index in [0.29, 0.717) is 36.3 Å². The van der Waals surface area contributed by atoms with Gasteiger partial charge in [0.25, 0.3) is 5.69 Å². The first-order chi connectivity index (χ1) is 14.4. The van der Waals surface area contributed by atoms with Crippen molar-refractivity contribution in [2.45, 2.75) is 25.7 Å². The molecule has 1 aromatic heterocycles. The van der Waals surface area contributed by atoms with Gasteiger partial charge in [0.05, 0.1) is 27.6 Å². The van der Waals surface area contributed by atoms with Crippen LogP contribution in [0.4, 0.5) is 5.69 Å². The summed E-state index contributed by atoms with van der Waals surface area (Å²) in [5.41, 5.74) is 2.74. The molecule has 0 bridgehead atoms. The summed E-state index contributed by atoms with van der Waals surface area (Å²) in [7, 11) is 0. The lowest BCUT2D eigenvalue weighted by molar-refractivity contribution is -0.384. The molecule has 0 saturated heterocycles. The molecule has 3 rings (SSSR count). The summed E-state index contributed by atoms with van der Waals surface area (Å²) in [6, 6.07) is 7.34. The van der Waals surface area contributed by atoms with E-state index in [0.717, 1.165) is 6.42 Å². The number of halogens is 2. The zero-order valence-electron chi connectivity index (χ0n) is 15.6. The Hall–Kier alpha value is -2.88. The number of nitrogens with one attached hydrogen (secondary N) is 1. The molecule has 11 heteroatoms. The molecule has 0 radical (unpaired) electrons. The Labute approximate surface area is 180 Å². The average molecular weight is 454 g/mol. The van der Waals surface area contributed by atoms with Crippen LogP contribution in [-0.2, 0) is 4.79 Å². The van der Waals surface area contributed by atoms with E-state index in [9.17, 15) is 14.9 Å². The molecule has 30 heavy (non-hydrogen) atoms. The fraction of sp³-hybridized carbons (Fsp3) is 0.263. The van der Waals surface area contributed by atoms with Crippen molar-refractivity contribution < 1.29 is 24.1 Å². The third-order valence-electron chi connectivity index (χ3n) is 4.25. The lowest BCUT2D eigenvalue weighted by Crippen LogP contribution is -2.17. The van der Waals surface area contributed by atoms with Crippen molar-refractivity contribution in [1.29, 1.82) is 0 Å². The van der Waals surface area contributed by atoms with E-state index in [1.807, 2.05) is 0 Å². The van der Waals surface area contributed by atoms with Gasteiger partial charge in [0.15, 0.2) is 11.3 Å². The number of nitrogens with zero attached hydrogens (tertiary/aromatic N) is 2. The van der Waals surface area contributed by atoms with E-state index in [2.05, 4.69) is 4.98 Å². The summed E-state index contributed by atoms with van der Waals surface area (Å²) in [5, 5.41) is 19.9. The number of hydrogen-bond acceptors (Lipinski definition) is 7. The SMILES string of the molecule is O=C(CCCCCOc1c(Cl)cc(-c2nc3ccc([N+](=O)[O-])cc3o2)cc1Cl)NO. The molecule has 2 aromatic carbocycles. The number of aromatic nitrogens is 1. The van der Waals surface area contributed by atoms with Crippen molar-refractivity contribution in [3.63, 3.8) is 0 Å². The third-order valence-corrected chi connectivity index (χ3v) is 4.81. The van der Waals surface area contributed by atoms with Gasteiger partial charge in [-0.1, -0.05) is 23.2 Å². The highest BCUT2D eigenvalue weighted by Gasteiger charge is 2.16. The van der Waals surface area contributed by atoms with Crippen LogP contribution >= 0.6 is 23.2 Å². The maximum absolute atomic E-state index is 10.9. The van der Waals surface area contributed by atoms with E-state index in [-0.39, 0.29) is 33.6 Å². The zero-order valence-corrected chi connectivity index (χ0v) is 17.1. The highest BCUT2D eigenvalue weighted by Crippen LogP contribution is 2.38. The van der Waals surface area contributed by atoms with Crippen LogP contribution in [0.5, 0.6) is 5.75 Å². The van der Waals surface area contributed by atoms with Gasteiger partial charge in [-0.15, -0.1) is 0 Å². The molecule has 1 heterocycles. The van der Waals surface area contributed by atoms with Gasteiger partial charge in [0, 0.05) is 18.1 Å². The van der Waals surface area contributed by atoms with Gasteiger partial charge in [-0.2, -0.15) is 0 Å². The first kappa shape index (κ1) is 21.8. The summed E-state index contributed by atoms with van der Waals surface area (Å²) in [5.74, 6) is 0.122. The van der Waals surface area contributed by atoms with Crippen molar-refractivity contribution in [3.05, 3.63) is 50.5 Å². The number of hydroxylamine groups is 1. The molecule has 0 aliphatic carbocycles. The normalized spacial score (nSPS) is 10.9. The Kier molecular flexibility index (Phi) is 7.09. The molecule has 3 aromatic rings. The van der Waals surface area contributed by atoms with Gasteiger partial charge >= 0.3 is 0 Å². The first-order valence-corrected chi connectivity index (χ1v) is 9.74. The van der Waals surface area contributed by atoms with Crippen molar-refractivity contribution in [3.8, 4) is 17.2 Å². The number of carbonyl (C=O) groups is 1. The van der Waals surface area contributed by atoms with E-state index in [4.69, 9.17) is 37.6 Å². The Bertz CT molecular complexity index is 1060. The summed E-state index contributed by atoms with van der Waals surface area (Å²) in [6.07, 6.45) is 2.26. The monoisotopic (exact) mass is 453 g/mol. The zero-order chi connectivity index (χ0) is 21.7. The topological polar surface area (TPSA) is 128 Å². The molecular formula is C19H17Cl2N3O6. The van der Waals surface area contributed by atoms with E-state index >= 15 is 0 Å². The number of oxazole rings is 1. The number of non-ortho nitro benzene ring substituents is 1. The van der Waals surface area contributed by atoms with Gasteiger partial charge in [-0.05, 0) is 37.5 Å². The first-order valence-electron chi connectivity index (χ1n) is 8.99. The van der Waals surface area contributed by atoms with Crippen molar-refractivity contribution in [2.75, 3.05) is 6.61 Å². The Morgan fingerprint density at radius 2 is 1.93 bits per heavy atom. The molecule has 1 amide bonds. The minimum Gasteiger partial charge on any atom is -0.490 e. The summed E-state index contributed by atoms with van der Waals surface area (Å²) >= 11 is 12.6. The van der Waals surface area contributed by atoms with Crippen LogP contribution in [0.15, 0.2) is 34.7 Å². The lowest BCUT2D eigenvalue weighted by atomic mass is 10.2. The van der Waals surface area contributed by atoms with E-state index in [1.165, 1.54) is 18.2 Å². The van der Waals surface area contributed by atoms with Crippen LogP contribution in [-0.4, -0.2) is 27.6 Å². The van der Waals surface area contributed by atoms with Gasteiger partial charge < -0.3 is 9.15 Å². The third kappa shape index (κ3) is 5.18. The number of rotatable bonds is 9. The fourth-order valence-corrected chi connectivity index (χ4v) is 3.36. The summed E-state index contributed by atoms with van der Waals surface area (Å²) < 4.78 is 11.3. The Morgan fingerprint density at radius 1 is 1.20 bits per heavy atom. The molecule has 0 aliphatic heterocycles.